The second-order valence-corrected chi connectivity index (χ2v) is 6.31. The first-order valence-electron chi connectivity index (χ1n) is 6.10. The Hall–Kier alpha value is -1.13. The predicted molar refractivity (Wildman–Crippen MR) is 84.2 cm³/mol. The molecule has 4 heteroatoms. The second kappa shape index (κ2) is 5.47. The van der Waals surface area contributed by atoms with Crippen molar-refractivity contribution in [1.29, 1.82) is 0 Å². The van der Waals surface area contributed by atoms with Gasteiger partial charge in [-0.15, -0.1) is 11.8 Å². The summed E-state index contributed by atoms with van der Waals surface area (Å²) in [7, 11) is 1.68. The van der Waals surface area contributed by atoms with Gasteiger partial charge in [0.1, 0.15) is 5.75 Å². The van der Waals surface area contributed by atoms with Crippen LogP contribution < -0.4 is 10.1 Å². The number of anilines is 1. The van der Waals surface area contributed by atoms with Crippen LogP contribution in [0.4, 0.5) is 5.69 Å². The fraction of sp³-hybridized carbons (Fsp3) is 0.200. The monoisotopic (exact) mass is 335 g/mol. The zero-order valence-electron chi connectivity index (χ0n) is 10.5. The van der Waals surface area contributed by atoms with Gasteiger partial charge < -0.3 is 10.1 Å². The third-order valence-electron chi connectivity index (χ3n) is 3.19. The minimum absolute atomic E-state index is 0.376. The highest BCUT2D eigenvalue weighted by Gasteiger charge is 2.22. The van der Waals surface area contributed by atoms with Gasteiger partial charge in [-0.25, -0.2) is 0 Å². The molecule has 1 heterocycles. The molecule has 1 atom stereocenters. The lowest BCUT2D eigenvalue weighted by Gasteiger charge is -2.15. The van der Waals surface area contributed by atoms with Crippen molar-refractivity contribution in [3.05, 3.63) is 52.5 Å². The summed E-state index contributed by atoms with van der Waals surface area (Å²) in [5.41, 5.74) is 2.49. The van der Waals surface area contributed by atoms with Gasteiger partial charge in [-0.05, 0) is 45.8 Å². The molecule has 0 amide bonds. The quantitative estimate of drug-likeness (QED) is 0.877. The summed E-state index contributed by atoms with van der Waals surface area (Å²) in [5, 5.41) is 3.58. The number of hydrogen-bond acceptors (Lipinski definition) is 3. The summed E-state index contributed by atoms with van der Waals surface area (Å²) in [6.45, 7) is 0. The number of thioether (sulfide) groups is 1. The Labute approximate surface area is 125 Å². The maximum absolute atomic E-state index is 5.25. The highest BCUT2D eigenvalue weighted by atomic mass is 79.9. The summed E-state index contributed by atoms with van der Waals surface area (Å²) in [5.74, 6) is 1.93. The molecular weight excluding hydrogens is 322 g/mol. The number of hydrogen-bond donors (Lipinski definition) is 1. The molecule has 19 heavy (non-hydrogen) atoms. The van der Waals surface area contributed by atoms with Crippen LogP contribution in [0.3, 0.4) is 0 Å². The van der Waals surface area contributed by atoms with Crippen LogP contribution in [0.15, 0.2) is 51.8 Å². The summed E-state index contributed by atoms with van der Waals surface area (Å²) >= 11 is 5.43. The number of methoxy groups -OCH3 is 1. The lowest BCUT2D eigenvalue weighted by atomic mass is 10.1. The topological polar surface area (TPSA) is 21.3 Å². The molecule has 2 aromatic rings. The molecule has 0 spiro atoms. The fourth-order valence-electron chi connectivity index (χ4n) is 2.24. The number of ether oxygens (including phenoxy) is 1. The molecule has 3 rings (SSSR count). The zero-order valence-corrected chi connectivity index (χ0v) is 12.9. The van der Waals surface area contributed by atoms with Gasteiger partial charge in [-0.1, -0.05) is 18.2 Å². The van der Waals surface area contributed by atoms with Crippen molar-refractivity contribution in [1.82, 2.24) is 0 Å². The molecule has 0 radical (unpaired) electrons. The number of halogens is 1. The summed E-state index contributed by atoms with van der Waals surface area (Å²) < 4.78 is 6.22. The third-order valence-corrected chi connectivity index (χ3v) is 5.00. The van der Waals surface area contributed by atoms with E-state index in [1.807, 2.05) is 17.8 Å². The van der Waals surface area contributed by atoms with Crippen LogP contribution >= 0.6 is 27.7 Å². The van der Waals surface area contributed by atoms with Crippen LogP contribution in [0.2, 0.25) is 0 Å². The molecule has 2 aromatic carbocycles. The average Bonchev–Trinajstić information content (AvgIpc) is 2.83. The summed E-state index contributed by atoms with van der Waals surface area (Å²) in [4.78, 5) is 1.38. The molecule has 1 N–H and O–H groups in total. The Bertz CT molecular complexity index is 602. The van der Waals surface area contributed by atoms with Crippen LogP contribution in [-0.2, 0) is 0 Å². The number of rotatable bonds is 3. The van der Waals surface area contributed by atoms with Gasteiger partial charge in [-0.2, -0.15) is 0 Å². The van der Waals surface area contributed by atoms with Crippen molar-refractivity contribution in [3.8, 4) is 5.75 Å². The molecule has 0 bridgehead atoms. The summed E-state index contributed by atoms with van der Waals surface area (Å²) in [6.07, 6.45) is 0. The van der Waals surface area contributed by atoms with E-state index in [1.165, 1.54) is 10.5 Å². The van der Waals surface area contributed by atoms with Crippen LogP contribution in [0.1, 0.15) is 11.6 Å². The predicted octanol–water partition coefficient (Wildman–Crippen LogP) is 4.72. The molecule has 0 aliphatic carbocycles. The van der Waals surface area contributed by atoms with E-state index < -0.39 is 0 Å². The maximum atomic E-state index is 5.25. The van der Waals surface area contributed by atoms with Crippen molar-refractivity contribution in [2.24, 2.45) is 0 Å². The molecule has 1 aliphatic heterocycles. The number of fused-ring (bicyclic) bond motifs is 1. The largest absolute Gasteiger partial charge is 0.496 e. The molecule has 0 saturated heterocycles. The zero-order chi connectivity index (χ0) is 13.2. The lowest BCUT2D eigenvalue weighted by molar-refractivity contribution is 0.412. The first kappa shape index (κ1) is 12.9. The molecule has 0 saturated carbocycles. The van der Waals surface area contributed by atoms with Crippen LogP contribution in [0.5, 0.6) is 5.75 Å². The van der Waals surface area contributed by atoms with Crippen LogP contribution in [-0.4, -0.2) is 12.9 Å². The van der Waals surface area contributed by atoms with E-state index in [1.54, 1.807) is 7.11 Å². The van der Waals surface area contributed by atoms with Gasteiger partial charge in [0.15, 0.2) is 0 Å². The SMILES string of the molecule is COc1ccc(NC2CSc3ccccc32)cc1Br. The van der Waals surface area contributed by atoms with E-state index in [-0.39, 0.29) is 0 Å². The molecule has 0 aromatic heterocycles. The molecule has 1 unspecified atom stereocenters. The van der Waals surface area contributed by atoms with Gasteiger partial charge in [0.2, 0.25) is 0 Å². The van der Waals surface area contributed by atoms with Crippen molar-refractivity contribution < 1.29 is 4.74 Å². The van der Waals surface area contributed by atoms with Gasteiger partial charge >= 0.3 is 0 Å². The van der Waals surface area contributed by atoms with E-state index in [2.05, 4.69) is 57.6 Å². The van der Waals surface area contributed by atoms with Crippen molar-refractivity contribution in [2.75, 3.05) is 18.2 Å². The number of benzene rings is 2. The van der Waals surface area contributed by atoms with E-state index in [0.717, 1.165) is 21.7 Å². The lowest BCUT2D eigenvalue weighted by Crippen LogP contribution is -2.09. The average molecular weight is 336 g/mol. The Morgan fingerprint density at radius 2 is 2.11 bits per heavy atom. The highest BCUT2D eigenvalue weighted by molar-refractivity contribution is 9.10. The van der Waals surface area contributed by atoms with Gasteiger partial charge in [0.25, 0.3) is 0 Å². The standard InChI is InChI=1S/C15H14BrNOS/c1-18-14-7-6-10(8-12(14)16)17-13-9-19-15-5-3-2-4-11(13)15/h2-8,13,17H,9H2,1H3. The summed E-state index contributed by atoms with van der Waals surface area (Å²) in [6, 6.07) is 15.0. The minimum atomic E-state index is 0.376. The Kier molecular flexibility index (Phi) is 3.71. The molecule has 0 fully saturated rings. The Balaban J connectivity index is 1.81. The van der Waals surface area contributed by atoms with Crippen molar-refractivity contribution in [3.63, 3.8) is 0 Å². The first-order valence-corrected chi connectivity index (χ1v) is 7.87. The van der Waals surface area contributed by atoms with Crippen molar-refractivity contribution in [2.45, 2.75) is 10.9 Å². The molecule has 98 valence electrons. The van der Waals surface area contributed by atoms with E-state index in [9.17, 15) is 0 Å². The molecule has 2 nitrogen and oxygen atoms in total. The molecule has 1 aliphatic rings. The van der Waals surface area contributed by atoms with Crippen molar-refractivity contribution >= 4 is 33.4 Å². The van der Waals surface area contributed by atoms with Crippen LogP contribution in [0, 0.1) is 0 Å². The van der Waals surface area contributed by atoms with E-state index in [0.29, 0.717) is 6.04 Å². The fourth-order valence-corrected chi connectivity index (χ4v) is 3.94. The van der Waals surface area contributed by atoms with Gasteiger partial charge in [-0.3, -0.25) is 0 Å². The normalized spacial score (nSPS) is 17.1. The van der Waals surface area contributed by atoms with E-state index >= 15 is 0 Å². The van der Waals surface area contributed by atoms with Crippen LogP contribution in [0.25, 0.3) is 0 Å². The molecular formula is C15H14BrNOS. The third kappa shape index (κ3) is 2.60. The highest BCUT2D eigenvalue weighted by Crippen LogP contribution is 2.40. The van der Waals surface area contributed by atoms with E-state index in [4.69, 9.17) is 4.74 Å². The van der Waals surface area contributed by atoms with Gasteiger partial charge in [0, 0.05) is 16.3 Å². The Morgan fingerprint density at radius 1 is 1.26 bits per heavy atom. The first-order chi connectivity index (χ1) is 9.28. The smallest absolute Gasteiger partial charge is 0.133 e. The minimum Gasteiger partial charge on any atom is -0.496 e. The van der Waals surface area contributed by atoms with Gasteiger partial charge in [0.05, 0.1) is 17.6 Å². The Morgan fingerprint density at radius 3 is 2.89 bits per heavy atom. The second-order valence-electron chi connectivity index (χ2n) is 4.40. The maximum Gasteiger partial charge on any atom is 0.133 e. The number of nitrogens with one attached hydrogen (secondary N) is 1.